The minimum absolute atomic E-state index is 0.151. The fourth-order valence-corrected chi connectivity index (χ4v) is 1.43. The van der Waals surface area contributed by atoms with E-state index < -0.39 is 11.9 Å². The maximum atomic E-state index is 10.9. The number of carboxylic acids is 2. The summed E-state index contributed by atoms with van der Waals surface area (Å²) in [5.74, 6) is -1.99. The van der Waals surface area contributed by atoms with E-state index in [0.29, 0.717) is 11.1 Å². The van der Waals surface area contributed by atoms with Crippen LogP contribution in [0.3, 0.4) is 0 Å². The van der Waals surface area contributed by atoms with E-state index in [9.17, 15) is 9.59 Å². The van der Waals surface area contributed by atoms with Crippen LogP contribution in [0.15, 0.2) is 12.1 Å². The predicted molar refractivity (Wildman–Crippen MR) is 54.2 cm³/mol. The third kappa shape index (κ3) is 2.56. The van der Waals surface area contributed by atoms with Crippen molar-refractivity contribution in [1.29, 1.82) is 0 Å². The van der Waals surface area contributed by atoms with Gasteiger partial charge in [-0.25, -0.2) is 4.79 Å². The van der Waals surface area contributed by atoms with E-state index in [2.05, 4.69) is 0 Å². The van der Waals surface area contributed by atoms with Crippen molar-refractivity contribution in [3.63, 3.8) is 0 Å². The summed E-state index contributed by atoms with van der Waals surface area (Å²) in [6.45, 7) is 3.48. The van der Waals surface area contributed by atoms with Crippen LogP contribution in [-0.4, -0.2) is 22.2 Å². The van der Waals surface area contributed by atoms with E-state index in [1.807, 2.05) is 0 Å². The van der Waals surface area contributed by atoms with Crippen molar-refractivity contribution in [2.24, 2.45) is 0 Å². The van der Waals surface area contributed by atoms with Gasteiger partial charge < -0.3 is 10.2 Å². The minimum atomic E-state index is -1.03. The molecule has 0 atom stereocenters. The van der Waals surface area contributed by atoms with Gasteiger partial charge in [-0.1, -0.05) is 6.07 Å². The van der Waals surface area contributed by atoms with E-state index in [1.165, 1.54) is 6.07 Å². The molecule has 0 fully saturated rings. The molecule has 0 radical (unpaired) electrons. The smallest absolute Gasteiger partial charge is 0.335 e. The first kappa shape index (κ1) is 11.2. The van der Waals surface area contributed by atoms with Crippen LogP contribution in [0.5, 0.6) is 0 Å². The summed E-state index contributed by atoms with van der Waals surface area (Å²) < 4.78 is 0. The van der Waals surface area contributed by atoms with Gasteiger partial charge in [-0.05, 0) is 36.6 Å². The number of aryl methyl sites for hydroxylation is 1. The molecule has 1 aromatic carbocycles. The number of aliphatic carboxylic acids is 1. The molecular formula is C11H12O4. The SMILES string of the molecule is Cc1cc(CC(=O)O)cc(C(=O)O)c1C. The lowest BCUT2D eigenvalue weighted by molar-refractivity contribution is -0.136. The maximum absolute atomic E-state index is 10.9. The molecule has 15 heavy (non-hydrogen) atoms. The molecule has 80 valence electrons. The molecule has 1 aromatic rings. The zero-order valence-corrected chi connectivity index (χ0v) is 8.57. The van der Waals surface area contributed by atoms with E-state index in [-0.39, 0.29) is 12.0 Å². The van der Waals surface area contributed by atoms with Crippen LogP contribution < -0.4 is 0 Å². The van der Waals surface area contributed by atoms with Crippen molar-refractivity contribution in [1.82, 2.24) is 0 Å². The topological polar surface area (TPSA) is 74.6 Å². The van der Waals surface area contributed by atoms with Crippen LogP contribution in [0, 0.1) is 13.8 Å². The lowest BCUT2D eigenvalue weighted by atomic mass is 9.98. The highest BCUT2D eigenvalue weighted by Gasteiger charge is 2.12. The Kier molecular flexibility index (Phi) is 3.09. The van der Waals surface area contributed by atoms with Gasteiger partial charge in [0.1, 0.15) is 0 Å². The molecule has 2 N–H and O–H groups in total. The second-order valence-electron chi connectivity index (χ2n) is 3.46. The molecule has 0 aliphatic carbocycles. The molecule has 0 spiro atoms. The third-order valence-electron chi connectivity index (χ3n) is 2.31. The molecule has 4 heteroatoms. The van der Waals surface area contributed by atoms with E-state index >= 15 is 0 Å². The van der Waals surface area contributed by atoms with Gasteiger partial charge in [-0.3, -0.25) is 4.79 Å². The Bertz CT molecular complexity index is 421. The number of hydrogen-bond donors (Lipinski definition) is 2. The number of carboxylic acid groups (broad SMARTS) is 2. The van der Waals surface area contributed by atoms with Gasteiger partial charge >= 0.3 is 11.9 Å². The Morgan fingerprint density at radius 2 is 1.80 bits per heavy atom. The number of hydrogen-bond acceptors (Lipinski definition) is 2. The Morgan fingerprint density at radius 3 is 2.27 bits per heavy atom. The third-order valence-corrected chi connectivity index (χ3v) is 2.31. The summed E-state index contributed by atoms with van der Waals surface area (Å²) in [5, 5.41) is 17.5. The molecule has 0 bridgehead atoms. The van der Waals surface area contributed by atoms with Gasteiger partial charge in [0.05, 0.1) is 12.0 Å². The first-order chi connectivity index (χ1) is 6.91. The lowest BCUT2D eigenvalue weighted by Gasteiger charge is -2.07. The summed E-state index contributed by atoms with van der Waals surface area (Å²) in [4.78, 5) is 21.4. The minimum Gasteiger partial charge on any atom is -0.481 e. The second kappa shape index (κ2) is 4.13. The van der Waals surface area contributed by atoms with Crippen LogP contribution in [0.2, 0.25) is 0 Å². The largest absolute Gasteiger partial charge is 0.481 e. The van der Waals surface area contributed by atoms with E-state index in [1.54, 1.807) is 19.9 Å². The molecule has 0 unspecified atom stereocenters. The molecule has 1 rings (SSSR count). The average molecular weight is 208 g/mol. The second-order valence-corrected chi connectivity index (χ2v) is 3.46. The molecule has 0 aromatic heterocycles. The van der Waals surface area contributed by atoms with Crippen LogP contribution in [0.1, 0.15) is 27.0 Å². The van der Waals surface area contributed by atoms with E-state index in [0.717, 1.165) is 5.56 Å². The van der Waals surface area contributed by atoms with Crippen molar-refractivity contribution in [3.05, 3.63) is 34.4 Å². The van der Waals surface area contributed by atoms with Gasteiger partial charge in [0.25, 0.3) is 0 Å². The van der Waals surface area contributed by atoms with Gasteiger partial charge in [-0.15, -0.1) is 0 Å². The highest BCUT2D eigenvalue weighted by atomic mass is 16.4. The fourth-order valence-electron chi connectivity index (χ4n) is 1.43. The van der Waals surface area contributed by atoms with Crippen molar-refractivity contribution in [2.45, 2.75) is 20.3 Å². The summed E-state index contributed by atoms with van der Waals surface area (Å²) in [6, 6.07) is 3.12. The molecular weight excluding hydrogens is 196 g/mol. The molecule has 0 saturated carbocycles. The molecule has 0 heterocycles. The number of benzene rings is 1. The Balaban J connectivity index is 3.23. The Labute approximate surface area is 87.2 Å². The Morgan fingerprint density at radius 1 is 1.20 bits per heavy atom. The van der Waals surface area contributed by atoms with Gasteiger partial charge in [0, 0.05) is 0 Å². The van der Waals surface area contributed by atoms with Gasteiger partial charge in [-0.2, -0.15) is 0 Å². The van der Waals surface area contributed by atoms with Crippen LogP contribution in [0.4, 0.5) is 0 Å². The Hall–Kier alpha value is -1.84. The van der Waals surface area contributed by atoms with Crippen molar-refractivity contribution < 1.29 is 19.8 Å². The standard InChI is InChI=1S/C11H12O4/c1-6-3-8(5-10(12)13)4-9(7(6)2)11(14)15/h3-4H,5H2,1-2H3,(H,12,13)(H,14,15). The van der Waals surface area contributed by atoms with Crippen LogP contribution in [-0.2, 0) is 11.2 Å². The fraction of sp³-hybridized carbons (Fsp3) is 0.273. The van der Waals surface area contributed by atoms with Crippen molar-refractivity contribution >= 4 is 11.9 Å². The molecule has 0 amide bonds. The predicted octanol–water partition coefficient (Wildman–Crippen LogP) is 1.63. The maximum Gasteiger partial charge on any atom is 0.335 e. The highest BCUT2D eigenvalue weighted by molar-refractivity contribution is 5.90. The monoisotopic (exact) mass is 208 g/mol. The lowest BCUT2D eigenvalue weighted by Crippen LogP contribution is -2.06. The van der Waals surface area contributed by atoms with Crippen LogP contribution in [0.25, 0.3) is 0 Å². The molecule has 0 saturated heterocycles. The van der Waals surface area contributed by atoms with Gasteiger partial charge in [0.2, 0.25) is 0 Å². The van der Waals surface area contributed by atoms with Crippen molar-refractivity contribution in [3.8, 4) is 0 Å². The van der Waals surface area contributed by atoms with Gasteiger partial charge in [0.15, 0.2) is 0 Å². The molecule has 0 aliphatic rings. The summed E-state index contributed by atoms with van der Waals surface area (Å²) in [7, 11) is 0. The number of rotatable bonds is 3. The first-order valence-corrected chi connectivity index (χ1v) is 4.47. The quantitative estimate of drug-likeness (QED) is 0.791. The summed E-state index contributed by atoms with van der Waals surface area (Å²) in [6.07, 6.45) is -0.151. The van der Waals surface area contributed by atoms with Crippen LogP contribution >= 0.6 is 0 Å². The van der Waals surface area contributed by atoms with Crippen molar-refractivity contribution in [2.75, 3.05) is 0 Å². The van der Waals surface area contributed by atoms with E-state index in [4.69, 9.17) is 10.2 Å². The molecule has 0 aliphatic heterocycles. The zero-order chi connectivity index (χ0) is 11.6. The number of carbonyl (C=O) groups is 2. The highest BCUT2D eigenvalue weighted by Crippen LogP contribution is 2.16. The first-order valence-electron chi connectivity index (χ1n) is 4.47. The zero-order valence-electron chi connectivity index (χ0n) is 8.57. The number of aromatic carboxylic acids is 1. The molecule has 4 nitrogen and oxygen atoms in total. The summed E-state index contributed by atoms with van der Waals surface area (Å²) >= 11 is 0. The summed E-state index contributed by atoms with van der Waals surface area (Å²) in [5.41, 5.74) is 2.16. The average Bonchev–Trinajstić information content (AvgIpc) is 2.09. The normalized spacial score (nSPS) is 10.0.